The molecule has 0 spiro atoms. The summed E-state index contributed by atoms with van der Waals surface area (Å²) in [6, 6.07) is 5.57. The quantitative estimate of drug-likeness (QED) is 0.833. The van der Waals surface area contributed by atoms with E-state index in [1.165, 1.54) is 0 Å². The van der Waals surface area contributed by atoms with Gasteiger partial charge in [-0.1, -0.05) is 17.7 Å². The van der Waals surface area contributed by atoms with Crippen molar-refractivity contribution in [3.8, 4) is 0 Å². The van der Waals surface area contributed by atoms with Crippen molar-refractivity contribution in [2.75, 3.05) is 25.6 Å². The van der Waals surface area contributed by atoms with Crippen LogP contribution in [0.15, 0.2) is 18.2 Å². The lowest BCUT2D eigenvalue weighted by molar-refractivity contribution is -0.120. The van der Waals surface area contributed by atoms with Crippen molar-refractivity contribution in [3.05, 3.63) is 28.8 Å². The number of anilines is 1. The van der Waals surface area contributed by atoms with Gasteiger partial charge in [-0.3, -0.25) is 4.79 Å². The molecule has 0 bridgehead atoms. The van der Waals surface area contributed by atoms with Crippen LogP contribution in [0.25, 0.3) is 0 Å². The molecule has 0 aliphatic carbocycles. The summed E-state index contributed by atoms with van der Waals surface area (Å²) in [5.41, 5.74) is 1.81. The van der Waals surface area contributed by atoms with Crippen molar-refractivity contribution in [2.45, 2.75) is 19.9 Å². The van der Waals surface area contributed by atoms with E-state index in [9.17, 15) is 4.79 Å². The number of amides is 1. The minimum absolute atomic E-state index is 0.00441. The summed E-state index contributed by atoms with van der Waals surface area (Å²) < 4.78 is 4.95. The summed E-state index contributed by atoms with van der Waals surface area (Å²) in [5, 5.41) is 6.58. The Morgan fingerprint density at radius 2 is 2.22 bits per heavy atom. The van der Waals surface area contributed by atoms with Crippen LogP contribution >= 0.6 is 11.6 Å². The largest absolute Gasteiger partial charge is 0.383 e. The standard InChI is InChI=1S/C13H19ClN2O2/c1-9(8-18-3)16-13(17)7-15-12-6-4-5-11(14)10(12)2/h4-6,9,15H,7-8H2,1-3H3,(H,16,17)/t9-/m0/s1. The summed E-state index contributed by atoms with van der Waals surface area (Å²) >= 11 is 6.00. The zero-order valence-corrected chi connectivity index (χ0v) is 11.7. The second-order valence-electron chi connectivity index (χ2n) is 4.19. The van der Waals surface area contributed by atoms with E-state index in [0.717, 1.165) is 11.3 Å². The topological polar surface area (TPSA) is 50.4 Å². The molecule has 0 aromatic heterocycles. The highest BCUT2D eigenvalue weighted by atomic mass is 35.5. The number of methoxy groups -OCH3 is 1. The van der Waals surface area contributed by atoms with Gasteiger partial charge in [0.05, 0.1) is 13.2 Å². The average Bonchev–Trinajstić information content (AvgIpc) is 2.31. The van der Waals surface area contributed by atoms with Gasteiger partial charge in [-0.2, -0.15) is 0 Å². The highest BCUT2D eigenvalue weighted by Gasteiger charge is 2.08. The summed E-state index contributed by atoms with van der Waals surface area (Å²) in [4.78, 5) is 11.6. The van der Waals surface area contributed by atoms with Gasteiger partial charge in [0, 0.05) is 23.9 Å². The number of carbonyl (C=O) groups excluding carboxylic acids is 1. The molecule has 100 valence electrons. The van der Waals surface area contributed by atoms with E-state index in [1.54, 1.807) is 7.11 Å². The van der Waals surface area contributed by atoms with Gasteiger partial charge in [0.1, 0.15) is 0 Å². The Kier molecular flexibility index (Phi) is 5.95. The van der Waals surface area contributed by atoms with Crippen molar-refractivity contribution in [1.82, 2.24) is 5.32 Å². The van der Waals surface area contributed by atoms with Gasteiger partial charge in [0.2, 0.25) is 5.91 Å². The Bertz CT molecular complexity index is 410. The van der Waals surface area contributed by atoms with Crippen molar-refractivity contribution in [2.24, 2.45) is 0 Å². The molecule has 0 fully saturated rings. The summed E-state index contributed by atoms with van der Waals surface area (Å²) in [6.07, 6.45) is 0. The third kappa shape index (κ3) is 4.55. The lowest BCUT2D eigenvalue weighted by Gasteiger charge is -2.14. The van der Waals surface area contributed by atoms with Crippen LogP contribution < -0.4 is 10.6 Å². The van der Waals surface area contributed by atoms with Crippen LogP contribution in [0.2, 0.25) is 5.02 Å². The first kappa shape index (κ1) is 14.8. The molecule has 5 heteroatoms. The maximum absolute atomic E-state index is 11.6. The maximum Gasteiger partial charge on any atom is 0.239 e. The molecule has 1 aromatic rings. The van der Waals surface area contributed by atoms with Crippen molar-refractivity contribution in [3.63, 3.8) is 0 Å². The Morgan fingerprint density at radius 3 is 2.89 bits per heavy atom. The van der Waals surface area contributed by atoms with Crippen molar-refractivity contribution < 1.29 is 9.53 Å². The van der Waals surface area contributed by atoms with Gasteiger partial charge in [-0.05, 0) is 31.5 Å². The Hall–Kier alpha value is -1.26. The molecule has 18 heavy (non-hydrogen) atoms. The molecular formula is C13H19ClN2O2. The summed E-state index contributed by atoms with van der Waals surface area (Å²) in [7, 11) is 1.61. The molecule has 1 aromatic carbocycles. The van der Waals surface area contributed by atoms with Gasteiger partial charge >= 0.3 is 0 Å². The van der Waals surface area contributed by atoms with Gasteiger partial charge < -0.3 is 15.4 Å². The molecule has 0 aliphatic rings. The van der Waals surface area contributed by atoms with Crippen LogP contribution in [-0.4, -0.2) is 32.2 Å². The average molecular weight is 271 g/mol. The molecule has 0 saturated heterocycles. The molecule has 0 saturated carbocycles. The van der Waals surface area contributed by atoms with Crippen LogP contribution in [0, 0.1) is 6.92 Å². The van der Waals surface area contributed by atoms with Crippen LogP contribution in [0.5, 0.6) is 0 Å². The number of rotatable bonds is 6. The van der Waals surface area contributed by atoms with E-state index >= 15 is 0 Å². The second kappa shape index (κ2) is 7.24. The van der Waals surface area contributed by atoms with Crippen LogP contribution in [0.1, 0.15) is 12.5 Å². The Balaban J connectivity index is 2.45. The van der Waals surface area contributed by atoms with Gasteiger partial charge in [-0.15, -0.1) is 0 Å². The van der Waals surface area contributed by atoms with Crippen LogP contribution in [-0.2, 0) is 9.53 Å². The summed E-state index contributed by atoms with van der Waals surface area (Å²) in [6.45, 7) is 4.53. The third-order valence-electron chi connectivity index (χ3n) is 2.53. The predicted octanol–water partition coefficient (Wildman–Crippen LogP) is 2.21. The lowest BCUT2D eigenvalue weighted by atomic mass is 10.2. The van der Waals surface area contributed by atoms with Gasteiger partial charge in [0.15, 0.2) is 0 Å². The molecule has 0 heterocycles. The lowest BCUT2D eigenvalue weighted by Crippen LogP contribution is -2.39. The first-order valence-electron chi connectivity index (χ1n) is 5.82. The Labute approximate surface area is 113 Å². The van der Waals surface area contributed by atoms with Crippen LogP contribution in [0.3, 0.4) is 0 Å². The molecule has 1 amide bonds. The number of benzene rings is 1. The molecule has 0 unspecified atom stereocenters. The highest BCUT2D eigenvalue weighted by Crippen LogP contribution is 2.22. The van der Waals surface area contributed by atoms with Crippen molar-refractivity contribution >= 4 is 23.2 Å². The second-order valence-corrected chi connectivity index (χ2v) is 4.60. The summed E-state index contributed by atoms with van der Waals surface area (Å²) in [5.74, 6) is -0.0704. The predicted molar refractivity (Wildman–Crippen MR) is 74.2 cm³/mol. The fourth-order valence-electron chi connectivity index (χ4n) is 1.59. The molecule has 1 atom stereocenters. The number of carbonyl (C=O) groups is 1. The fourth-order valence-corrected chi connectivity index (χ4v) is 1.77. The minimum Gasteiger partial charge on any atom is -0.383 e. The Morgan fingerprint density at radius 1 is 1.50 bits per heavy atom. The number of hydrogen-bond acceptors (Lipinski definition) is 3. The monoisotopic (exact) mass is 270 g/mol. The van der Waals surface area contributed by atoms with E-state index in [-0.39, 0.29) is 18.5 Å². The fraction of sp³-hybridized carbons (Fsp3) is 0.462. The zero-order chi connectivity index (χ0) is 13.5. The molecule has 2 N–H and O–H groups in total. The van der Waals surface area contributed by atoms with Crippen LogP contribution in [0.4, 0.5) is 5.69 Å². The maximum atomic E-state index is 11.6. The normalized spacial score (nSPS) is 12.0. The first-order chi connectivity index (χ1) is 8.54. The first-order valence-corrected chi connectivity index (χ1v) is 6.19. The van der Waals surface area contributed by atoms with E-state index in [1.807, 2.05) is 32.0 Å². The number of halogens is 1. The molecule has 4 nitrogen and oxygen atoms in total. The van der Waals surface area contributed by atoms with E-state index in [0.29, 0.717) is 11.6 Å². The number of hydrogen-bond donors (Lipinski definition) is 2. The number of nitrogens with one attached hydrogen (secondary N) is 2. The molecule has 0 aliphatic heterocycles. The van der Waals surface area contributed by atoms with E-state index in [2.05, 4.69) is 10.6 Å². The molecule has 0 radical (unpaired) electrons. The third-order valence-corrected chi connectivity index (χ3v) is 2.94. The number of ether oxygens (including phenoxy) is 1. The smallest absolute Gasteiger partial charge is 0.239 e. The van der Waals surface area contributed by atoms with E-state index < -0.39 is 0 Å². The minimum atomic E-state index is -0.0704. The SMILES string of the molecule is COC[C@H](C)NC(=O)CNc1cccc(Cl)c1C. The molecule has 1 rings (SSSR count). The van der Waals surface area contributed by atoms with E-state index in [4.69, 9.17) is 16.3 Å². The van der Waals surface area contributed by atoms with Gasteiger partial charge in [-0.25, -0.2) is 0 Å². The highest BCUT2D eigenvalue weighted by molar-refractivity contribution is 6.31. The van der Waals surface area contributed by atoms with Crippen molar-refractivity contribution in [1.29, 1.82) is 0 Å². The zero-order valence-electron chi connectivity index (χ0n) is 10.9. The molecular weight excluding hydrogens is 252 g/mol. The van der Waals surface area contributed by atoms with Gasteiger partial charge in [0.25, 0.3) is 0 Å².